The molecule has 0 aliphatic carbocycles. The Morgan fingerprint density at radius 1 is 1.04 bits per heavy atom. The van der Waals surface area contributed by atoms with E-state index in [1.54, 1.807) is 11.8 Å². The number of aryl methyl sites for hydroxylation is 2. The quantitative estimate of drug-likeness (QED) is 0.613. The number of hydrogen-bond acceptors (Lipinski definition) is 7. The van der Waals surface area contributed by atoms with E-state index in [0.717, 1.165) is 29.9 Å². The second-order valence-electron chi connectivity index (χ2n) is 6.94. The second-order valence-corrected chi connectivity index (χ2v) is 8.25. The summed E-state index contributed by atoms with van der Waals surface area (Å²) in [6.45, 7) is 8.01. The van der Waals surface area contributed by atoms with Crippen molar-refractivity contribution < 1.29 is 4.52 Å². The summed E-state index contributed by atoms with van der Waals surface area (Å²) < 4.78 is 7.48. The first kappa shape index (κ1) is 18.0. The summed E-state index contributed by atoms with van der Waals surface area (Å²) in [5, 5.41) is 13.8. The van der Waals surface area contributed by atoms with Crippen molar-refractivity contribution in [3.63, 3.8) is 0 Å². The number of hydrogen-bond donors (Lipinski definition) is 0. The maximum absolute atomic E-state index is 5.33. The van der Waals surface area contributed by atoms with Crippen molar-refractivity contribution in [3.05, 3.63) is 41.5 Å². The van der Waals surface area contributed by atoms with Gasteiger partial charge < -0.3 is 9.42 Å². The maximum Gasteiger partial charge on any atom is 0.239 e. The lowest BCUT2D eigenvalue weighted by Crippen LogP contribution is -2.31. The number of anilines is 1. The molecule has 0 N–H and O–H groups in total. The molecule has 0 radical (unpaired) electrons. The number of rotatable bonds is 5. The van der Waals surface area contributed by atoms with Crippen LogP contribution in [0.4, 0.5) is 5.95 Å². The average molecular weight is 385 g/mol. The fourth-order valence-corrected chi connectivity index (χ4v) is 4.14. The summed E-state index contributed by atoms with van der Waals surface area (Å²) >= 11 is 1.59. The molecule has 0 saturated carbocycles. The Labute approximate surface area is 163 Å². The highest BCUT2D eigenvalue weighted by Gasteiger charge is 2.24. The van der Waals surface area contributed by atoms with Gasteiger partial charge in [0.2, 0.25) is 11.8 Å². The molecule has 3 aromatic rings. The van der Waals surface area contributed by atoms with E-state index in [4.69, 9.17) is 4.52 Å². The van der Waals surface area contributed by atoms with Crippen LogP contribution in [0.1, 0.15) is 48.7 Å². The Morgan fingerprint density at radius 2 is 1.78 bits per heavy atom. The van der Waals surface area contributed by atoms with Gasteiger partial charge in [0, 0.05) is 13.1 Å². The molecule has 1 fully saturated rings. The molecular weight excluding hydrogens is 360 g/mol. The van der Waals surface area contributed by atoms with Gasteiger partial charge in [-0.2, -0.15) is 4.98 Å². The molecule has 0 spiro atoms. The molecule has 27 heavy (non-hydrogen) atoms. The van der Waals surface area contributed by atoms with Crippen molar-refractivity contribution in [1.82, 2.24) is 24.9 Å². The van der Waals surface area contributed by atoms with E-state index in [-0.39, 0.29) is 5.25 Å². The highest BCUT2D eigenvalue weighted by atomic mass is 32.2. The Balaban J connectivity index is 1.70. The van der Waals surface area contributed by atoms with Crippen LogP contribution in [0.25, 0.3) is 5.69 Å². The van der Waals surface area contributed by atoms with Crippen LogP contribution in [-0.2, 0) is 0 Å². The number of piperidine rings is 1. The Hall–Kier alpha value is -2.35. The molecule has 4 rings (SSSR count). The van der Waals surface area contributed by atoms with Gasteiger partial charge in [-0.1, -0.05) is 34.6 Å². The molecule has 0 bridgehead atoms. The zero-order valence-electron chi connectivity index (χ0n) is 15.9. The zero-order chi connectivity index (χ0) is 18.8. The fourth-order valence-electron chi connectivity index (χ4n) is 3.24. The Morgan fingerprint density at radius 3 is 2.44 bits per heavy atom. The SMILES string of the molecule is Cc1ccc(-n2c(SC(C)c3nc(C)no3)nnc2N2CCCCC2)cc1. The van der Waals surface area contributed by atoms with Crippen molar-refractivity contribution in [2.75, 3.05) is 18.0 Å². The first-order chi connectivity index (χ1) is 13.1. The number of thioether (sulfide) groups is 1. The molecule has 3 heterocycles. The molecule has 7 nitrogen and oxygen atoms in total. The summed E-state index contributed by atoms with van der Waals surface area (Å²) in [6.07, 6.45) is 3.67. The summed E-state index contributed by atoms with van der Waals surface area (Å²) in [4.78, 5) is 6.69. The molecule has 0 amide bonds. The third kappa shape index (κ3) is 3.85. The third-order valence-electron chi connectivity index (χ3n) is 4.72. The van der Waals surface area contributed by atoms with Crippen LogP contribution in [0.5, 0.6) is 0 Å². The number of benzene rings is 1. The van der Waals surface area contributed by atoms with Gasteiger partial charge in [0.25, 0.3) is 0 Å². The molecule has 1 aliphatic rings. The molecule has 2 aromatic heterocycles. The second kappa shape index (κ2) is 7.72. The fraction of sp³-hybridized carbons (Fsp3) is 0.474. The molecular formula is C19H24N6OS. The van der Waals surface area contributed by atoms with Crippen LogP contribution in [0, 0.1) is 13.8 Å². The summed E-state index contributed by atoms with van der Waals surface area (Å²) in [5.74, 6) is 2.16. The predicted octanol–water partition coefficient (Wildman–Crippen LogP) is 4.11. The van der Waals surface area contributed by atoms with Gasteiger partial charge >= 0.3 is 0 Å². The first-order valence-electron chi connectivity index (χ1n) is 9.36. The highest BCUT2D eigenvalue weighted by Crippen LogP contribution is 2.36. The lowest BCUT2D eigenvalue weighted by molar-refractivity contribution is 0.376. The van der Waals surface area contributed by atoms with Gasteiger partial charge in [0.15, 0.2) is 11.0 Å². The largest absolute Gasteiger partial charge is 0.341 e. The number of nitrogens with zero attached hydrogens (tertiary/aromatic N) is 6. The van der Waals surface area contributed by atoms with Gasteiger partial charge in [-0.05, 0) is 52.2 Å². The standard InChI is InChI=1S/C19H24N6OS/c1-13-7-9-16(10-8-13)25-18(24-11-5-4-6-12-24)21-22-19(25)27-14(2)17-20-15(3)23-26-17/h7-10,14H,4-6,11-12H2,1-3H3. The average Bonchev–Trinajstić information content (AvgIpc) is 3.30. The molecule has 1 saturated heterocycles. The van der Waals surface area contributed by atoms with Crippen LogP contribution in [0.3, 0.4) is 0 Å². The molecule has 142 valence electrons. The Kier molecular flexibility index (Phi) is 5.15. The van der Waals surface area contributed by atoms with Crippen molar-refractivity contribution >= 4 is 17.7 Å². The van der Waals surface area contributed by atoms with Gasteiger partial charge in [-0.15, -0.1) is 10.2 Å². The van der Waals surface area contributed by atoms with E-state index in [1.165, 1.54) is 24.8 Å². The minimum absolute atomic E-state index is 0.00574. The van der Waals surface area contributed by atoms with Crippen LogP contribution >= 0.6 is 11.8 Å². The lowest BCUT2D eigenvalue weighted by atomic mass is 10.1. The third-order valence-corrected chi connectivity index (χ3v) is 5.75. The summed E-state index contributed by atoms with van der Waals surface area (Å²) in [5.41, 5.74) is 2.30. The summed E-state index contributed by atoms with van der Waals surface area (Å²) in [7, 11) is 0. The topological polar surface area (TPSA) is 72.9 Å². The van der Waals surface area contributed by atoms with Crippen molar-refractivity contribution in [3.8, 4) is 5.69 Å². The minimum atomic E-state index is -0.00574. The predicted molar refractivity (Wildman–Crippen MR) is 105 cm³/mol. The van der Waals surface area contributed by atoms with E-state index in [2.05, 4.69) is 61.0 Å². The van der Waals surface area contributed by atoms with Gasteiger partial charge in [0.05, 0.1) is 10.9 Å². The van der Waals surface area contributed by atoms with E-state index in [0.29, 0.717) is 11.7 Å². The van der Waals surface area contributed by atoms with E-state index < -0.39 is 0 Å². The summed E-state index contributed by atoms with van der Waals surface area (Å²) in [6, 6.07) is 8.48. The minimum Gasteiger partial charge on any atom is -0.341 e. The molecule has 1 aromatic carbocycles. The Bertz CT molecular complexity index is 897. The molecule has 1 atom stereocenters. The smallest absolute Gasteiger partial charge is 0.239 e. The van der Waals surface area contributed by atoms with Crippen LogP contribution in [0.15, 0.2) is 33.9 Å². The van der Waals surface area contributed by atoms with Crippen LogP contribution < -0.4 is 4.90 Å². The van der Waals surface area contributed by atoms with Gasteiger partial charge in [-0.3, -0.25) is 4.57 Å². The van der Waals surface area contributed by atoms with E-state index >= 15 is 0 Å². The van der Waals surface area contributed by atoms with Gasteiger partial charge in [0.1, 0.15) is 0 Å². The molecule has 1 aliphatic heterocycles. The maximum atomic E-state index is 5.33. The normalized spacial score (nSPS) is 15.9. The highest BCUT2D eigenvalue weighted by molar-refractivity contribution is 7.99. The zero-order valence-corrected chi connectivity index (χ0v) is 16.7. The van der Waals surface area contributed by atoms with Gasteiger partial charge in [-0.25, -0.2) is 0 Å². The van der Waals surface area contributed by atoms with E-state index in [1.807, 2.05) is 13.8 Å². The molecule has 1 unspecified atom stereocenters. The van der Waals surface area contributed by atoms with Crippen molar-refractivity contribution in [2.45, 2.75) is 50.4 Å². The number of aromatic nitrogens is 5. The lowest BCUT2D eigenvalue weighted by Gasteiger charge is -2.28. The van der Waals surface area contributed by atoms with E-state index in [9.17, 15) is 0 Å². The van der Waals surface area contributed by atoms with Crippen LogP contribution in [0.2, 0.25) is 0 Å². The molecule has 8 heteroatoms. The first-order valence-corrected chi connectivity index (χ1v) is 10.2. The van der Waals surface area contributed by atoms with Crippen molar-refractivity contribution in [1.29, 1.82) is 0 Å². The van der Waals surface area contributed by atoms with Crippen molar-refractivity contribution in [2.24, 2.45) is 0 Å². The van der Waals surface area contributed by atoms with Crippen LogP contribution in [-0.4, -0.2) is 38.0 Å². The monoisotopic (exact) mass is 384 g/mol.